The van der Waals surface area contributed by atoms with Gasteiger partial charge in [-0.1, -0.05) is 53.7 Å². The summed E-state index contributed by atoms with van der Waals surface area (Å²) in [5.41, 5.74) is 2.80. The predicted octanol–water partition coefficient (Wildman–Crippen LogP) is 3.92. The summed E-state index contributed by atoms with van der Waals surface area (Å²) in [4.78, 5) is 4.32. The summed E-state index contributed by atoms with van der Waals surface area (Å²) in [6, 6.07) is 18.4. The molecule has 2 heterocycles. The lowest BCUT2D eigenvalue weighted by Crippen LogP contribution is -2.14. The van der Waals surface area contributed by atoms with Crippen LogP contribution in [0.25, 0.3) is 10.9 Å². The summed E-state index contributed by atoms with van der Waals surface area (Å²) in [5.74, 6) is 0.129. The van der Waals surface area contributed by atoms with E-state index in [0.717, 1.165) is 10.9 Å². The van der Waals surface area contributed by atoms with E-state index in [-0.39, 0.29) is 10.8 Å². The molecule has 0 fully saturated rings. The largest absolute Gasteiger partial charge is 0.337 e. The standard InChI is InChI=1S/C20H17N3O3S/c1-14-17(13-15-7-3-2-4-8-15)20(26-22-14)23-27(24,25)18-11-5-9-16-10-6-12-21-19(16)18/h2-12,23H,13H2,1H3. The van der Waals surface area contributed by atoms with Crippen molar-refractivity contribution in [2.24, 2.45) is 0 Å². The second-order valence-corrected chi connectivity index (χ2v) is 7.83. The van der Waals surface area contributed by atoms with Crippen LogP contribution in [0.2, 0.25) is 0 Å². The van der Waals surface area contributed by atoms with Crippen molar-refractivity contribution in [1.82, 2.24) is 10.1 Å². The smallest absolute Gasteiger partial charge is 0.266 e. The fourth-order valence-electron chi connectivity index (χ4n) is 2.95. The van der Waals surface area contributed by atoms with E-state index in [4.69, 9.17) is 4.52 Å². The van der Waals surface area contributed by atoms with Crippen LogP contribution in [0.15, 0.2) is 76.3 Å². The van der Waals surface area contributed by atoms with Gasteiger partial charge in [0.05, 0.1) is 11.2 Å². The molecule has 1 N–H and O–H groups in total. The fraction of sp³-hybridized carbons (Fsp3) is 0.100. The van der Waals surface area contributed by atoms with Crippen molar-refractivity contribution in [2.75, 3.05) is 4.72 Å². The molecule has 6 nitrogen and oxygen atoms in total. The SMILES string of the molecule is Cc1noc(NS(=O)(=O)c2cccc3cccnc23)c1Cc1ccccc1. The van der Waals surface area contributed by atoms with Crippen LogP contribution in [0.4, 0.5) is 5.88 Å². The first-order chi connectivity index (χ1) is 13.0. The summed E-state index contributed by atoms with van der Waals surface area (Å²) in [6.45, 7) is 1.79. The number of benzene rings is 2. The van der Waals surface area contributed by atoms with Gasteiger partial charge in [-0.25, -0.2) is 13.1 Å². The number of anilines is 1. The van der Waals surface area contributed by atoms with Gasteiger partial charge in [0.25, 0.3) is 10.0 Å². The molecule has 0 saturated heterocycles. The Morgan fingerprint density at radius 3 is 2.59 bits per heavy atom. The molecule has 0 spiro atoms. The van der Waals surface area contributed by atoms with Crippen LogP contribution in [-0.2, 0) is 16.4 Å². The predicted molar refractivity (Wildman–Crippen MR) is 103 cm³/mol. The molecule has 2 aromatic heterocycles. The van der Waals surface area contributed by atoms with Gasteiger partial charge in [-0.15, -0.1) is 0 Å². The van der Waals surface area contributed by atoms with Gasteiger partial charge in [0, 0.05) is 23.6 Å². The molecule has 0 bridgehead atoms. The van der Waals surface area contributed by atoms with Crippen LogP contribution in [-0.4, -0.2) is 18.6 Å². The van der Waals surface area contributed by atoms with Crippen LogP contribution < -0.4 is 4.72 Å². The maximum Gasteiger partial charge on any atom is 0.266 e. The van der Waals surface area contributed by atoms with Gasteiger partial charge in [-0.3, -0.25) is 4.98 Å². The molecule has 0 atom stereocenters. The number of nitrogens with one attached hydrogen (secondary N) is 1. The molecule has 136 valence electrons. The van der Waals surface area contributed by atoms with Gasteiger partial charge in [0.15, 0.2) is 0 Å². The van der Waals surface area contributed by atoms with E-state index >= 15 is 0 Å². The number of pyridine rings is 1. The second-order valence-electron chi connectivity index (χ2n) is 6.17. The molecule has 4 aromatic rings. The number of aromatic nitrogens is 2. The van der Waals surface area contributed by atoms with E-state index in [2.05, 4.69) is 14.9 Å². The van der Waals surface area contributed by atoms with Crippen molar-refractivity contribution in [3.8, 4) is 0 Å². The first-order valence-corrected chi connectivity index (χ1v) is 9.88. The van der Waals surface area contributed by atoms with Crippen molar-refractivity contribution in [1.29, 1.82) is 0 Å². The average molecular weight is 379 g/mol. The number of nitrogens with zero attached hydrogens (tertiary/aromatic N) is 2. The van der Waals surface area contributed by atoms with E-state index in [1.54, 1.807) is 25.3 Å². The van der Waals surface area contributed by atoms with Crippen molar-refractivity contribution in [2.45, 2.75) is 18.2 Å². The maximum atomic E-state index is 13.0. The Kier molecular flexibility index (Phi) is 4.37. The molecule has 0 radical (unpaired) electrons. The van der Waals surface area contributed by atoms with Crippen molar-refractivity contribution < 1.29 is 12.9 Å². The Balaban J connectivity index is 1.72. The first-order valence-electron chi connectivity index (χ1n) is 8.40. The minimum absolute atomic E-state index is 0.0975. The minimum atomic E-state index is -3.89. The first kappa shape index (κ1) is 17.2. The third-order valence-corrected chi connectivity index (χ3v) is 5.68. The van der Waals surface area contributed by atoms with Gasteiger partial charge in [0.2, 0.25) is 5.88 Å². The maximum absolute atomic E-state index is 13.0. The average Bonchev–Trinajstić information content (AvgIpc) is 3.01. The lowest BCUT2D eigenvalue weighted by atomic mass is 10.1. The second kappa shape index (κ2) is 6.85. The number of aryl methyl sites for hydroxylation is 1. The van der Waals surface area contributed by atoms with Crippen LogP contribution in [0, 0.1) is 6.92 Å². The third-order valence-electron chi connectivity index (χ3n) is 4.32. The molecular formula is C20H17N3O3S. The molecule has 0 aliphatic rings. The molecule has 0 aliphatic heterocycles. The highest BCUT2D eigenvalue weighted by Crippen LogP contribution is 2.27. The van der Waals surface area contributed by atoms with Crippen molar-refractivity contribution in [3.05, 3.63) is 83.7 Å². The van der Waals surface area contributed by atoms with Crippen LogP contribution in [0.3, 0.4) is 0 Å². The van der Waals surface area contributed by atoms with Crippen molar-refractivity contribution in [3.63, 3.8) is 0 Å². The summed E-state index contributed by atoms with van der Waals surface area (Å²) >= 11 is 0. The Morgan fingerprint density at radius 1 is 1.00 bits per heavy atom. The zero-order chi connectivity index (χ0) is 18.9. The van der Waals surface area contributed by atoms with E-state index in [0.29, 0.717) is 23.2 Å². The highest BCUT2D eigenvalue weighted by Gasteiger charge is 2.23. The zero-order valence-corrected chi connectivity index (χ0v) is 15.4. The van der Waals surface area contributed by atoms with Gasteiger partial charge in [-0.05, 0) is 24.6 Å². The quantitative estimate of drug-likeness (QED) is 0.568. The molecule has 0 aliphatic carbocycles. The van der Waals surface area contributed by atoms with Gasteiger partial charge in [-0.2, -0.15) is 0 Å². The minimum Gasteiger partial charge on any atom is -0.337 e. The number of sulfonamides is 1. The molecule has 7 heteroatoms. The van der Waals surface area contributed by atoms with Crippen molar-refractivity contribution >= 4 is 26.8 Å². The number of para-hydroxylation sites is 1. The Morgan fingerprint density at radius 2 is 1.78 bits per heavy atom. The molecule has 4 rings (SSSR count). The Labute approximate surface area is 156 Å². The fourth-order valence-corrected chi connectivity index (χ4v) is 4.14. The van der Waals surface area contributed by atoms with E-state index in [1.807, 2.05) is 42.5 Å². The summed E-state index contributed by atoms with van der Waals surface area (Å²) in [5, 5.41) is 4.68. The molecule has 0 amide bonds. The number of hydrogen-bond acceptors (Lipinski definition) is 5. The molecular weight excluding hydrogens is 362 g/mol. The van der Waals surface area contributed by atoms with Crippen LogP contribution in [0.1, 0.15) is 16.8 Å². The lowest BCUT2D eigenvalue weighted by Gasteiger charge is -2.09. The molecule has 2 aromatic carbocycles. The number of hydrogen-bond donors (Lipinski definition) is 1. The Hall–Kier alpha value is -3.19. The van der Waals surface area contributed by atoms with Gasteiger partial charge >= 0.3 is 0 Å². The topological polar surface area (TPSA) is 85.1 Å². The van der Waals surface area contributed by atoms with Gasteiger partial charge in [0.1, 0.15) is 4.90 Å². The monoisotopic (exact) mass is 379 g/mol. The van der Waals surface area contributed by atoms with E-state index in [1.165, 1.54) is 6.07 Å². The zero-order valence-electron chi connectivity index (χ0n) is 14.6. The Bertz CT molecular complexity index is 1200. The van der Waals surface area contributed by atoms with Gasteiger partial charge < -0.3 is 4.52 Å². The molecule has 0 unspecified atom stereocenters. The molecule has 0 saturated carbocycles. The number of rotatable bonds is 5. The van der Waals surface area contributed by atoms with E-state index < -0.39 is 10.0 Å². The summed E-state index contributed by atoms with van der Waals surface area (Å²) in [7, 11) is -3.89. The highest BCUT2D eigenvalue weighted by atomic mass is 32.2. The number of fused-ring (bicyclic) bond motifs is 1. The highest BCUT2D eigenvalue weighted by molar-refractivity contribution is 7.93. The van der Waals surface area contributed by atoms with Crippen LogP contribution in [0.5, 0.6) is 0 Å². The molecule has 27 heavy (non-hydrogen) atoms. The van der Waals surface area contributed by atoms with Crippen LogP contribution >= 0.6 is 0 Å². The third kappa shape index (κ3) is 3.41. The van der Waals surface area contributed by atoms with E-state index in [9.17, 15) is 8.42 Å². The lowest BCUT2D eigenvalue weighted by molar-refractivity contribution is 0.430. The summed E-state index contributed by atoms with van der Waals surface area (Å²) in [6.07, 6.45) is 2.09. The summed E-state index contributed by atoms with van der Waals surface area (Å²) < 4.78 is 33.8. The normalized spacial score (nSPS) is 11.6.